The van der Waals surface area contributed by atoms with Crippen molar-refractivity contribution in [2.75, 3.05) is 26.8 Å². The normalized spacial score (nSPS) is 10.3. The van der Waals surface area contributed by atoms with Gasteiger partial charge in [0.15, 0.2) is 0 Å². The SMILES string of the molecule is CCc1occc1C(=O)N(CCOC)CC(=O)O. The van der Waals surface area contributed by atoms with Gasteiger partial charge in [0.1, 0.15) is 12.3 Å². The highest BCUT2D eigenvalue weighted by atomic mass is 16.5. The van der Waals surface area contributed by atoms with Gasteiger partial charge in [0.2, 0.25) is 0 Å². The van der Waals surface area contributed by atoms with E-state index < -0.39 is 5.97 Å². The predicted molar refractivity (Wildman–Crippen MR) is 63.5 cm³/mol. The van der Waals surface area contributed by atoms with Crippen LogP contribution in [0, 0.1) is 0 Å². The number of carbonyl (C=O) groups is 2. The number of aliphatic carboxylic acids is 1. The van der Waals surface area contributed by atoms with Crippen LogP contribution in [0.5, 0.6) is 0 Å². The highest BCUT2D eigenvalue weighted by Gasteiger charge is 2.21. The van der Waals surface area contributed by atoms with Gasteiger partial charge in [0.05, 0.1) is 18.4 Å². The number of ether oxygens (including phenoxy) is 1. The number of carbonyl (C=O) groups excluding carboxylic acids is 1. The molecular weight excluding hydrogens is 238 g/mol. The molecule has 0 aliphatic rings. The second-order valence-electron chi connectivity index (χ2n) is 3.72. The van der Waals surface area contributed by atoms with E-state index in [0.717, 1.165) is 0 Å². The van der Waals surface area contributed by atoms with Crippen LogP contribution in [0.3, 0.4) is 0 Å². The predicted octanol–water partition coefficient (Wildman–Crippen LogP) is 1.02. The number of hydrogen-bond donors (Lipinski definition) is 1. The maximum Gasteiger partial charge on any atom is 0.323 e. The van der Waals surface area contributed by atoms with E-state index in [1.807, 2.05) is 6.92 Å². The molecule has 0 unspecified atom stereocenters. The maximum atomic E-state index is 12.2. The first-order valence-electron chi connectivity index (χ1n) is 5.66. The second-order valence-corrected chi connectivity index (χ2v) is 3.72. The Hall–Kier alpha value is -1.82. The van der Waals surface area contributed by atoms with Crippen molar-refractivity contribution in [1.29, 1.82) is 0 Å². The van der Waals surface area contributed by atoms with Crippen molar-refractivity contribution in [1.82, 2.24) is 4.90 Å². The average molecular weight is 255 g/mol. The number of furan rings is 1. The fourth-order valence-electron chi connectivity index (χ4n) is 1.59. The summed E-state index contributed by atoms with van der Waals surface area (Å²) < 4.78 is 10.0. The maximum absolute atomic E-state index is 12.2. The Morgan fingerprint density at radius 2 is 2.22 bits per heavy atom. The van der Waals surface area contributed by atoms with Crippen LogP contribution >= 0.6 is 0 Å². The summed E-state index contributed by atoms with van der Waals surface area (Å²) in [6, 6.07) is 1.56. The monoisotopic (exact) mass is 255 g/mol. The second kappa shape index (κ2) is 6.80. The van der Waals surface area contributed by atoms with Crippen LogP contribution in [-0.4, -0.2) is 48.7 Å². The summed E-state index contributed by atoms with van der Waals surface area (Å²) in [4.78, 5) is 24.1. The number of aryl methyl sites for hydroxylation is 1. The Morgan fingerprint density at radius 3 is 2.78 bits per heavy atom. The fraction of sp³-hybridized carbons (Fsp3) is 0.500. The number of methoxy groups -OCH3 is 1. The smallest absolute Gasteiger partial charge is 0.323 e. The molecule has 1 rings (SSSR count). The Balaban J connectivity index is 2.83. The molecule has 0 saturated carbocycles. The highest BCUT2D eigenvalue weighted by Crippen LogP contribution is 2.14. The molecule has 1 heterocycles. The van der Waals surface area contributed by atoms with Gasteiger partial charge in [0, 0.05) is 20.1 Å². The Bertz CT molecular complexity index is 412. The third-order valence-corrected chi connectivity index (χ3v) is 2.48. The molecule has 0 radical (unpaired) electrons. The fourth-order valence-corrected chi connectivity index (χ4v) is 1.59. The molecule has 0 atom stereocenters. The molecule has 0 bridgehead atoms. The van der Waals surface area contributed by atoms with Crippen LogP contribution in [0.1, 0.15) is 23.0 Å². The lowest BCUT2D eigenvalue weighted by atomic mass is 10.2. The van der Waals surface area contributed by atoms with E-state index in [4.69, 9.17) is 14.3 Å². The summed E-state index contributed by atoms with van der Waals surface area (Å²) >= 11 is 0. The average Bonchev–Trinajstić information content (AvgIpc) is 2.81. The summed E-state index contributed by atoms with van der Waals surface area (Å²) in [5.41, 5.74) is 0.412. The molecule has 1 N–H and O–H groups in total. The minimum atomic E-state index is -1.05. The zero-order chi connectivity index (χ0) is 13.5. The lowest BCUT2D eigenvalue weighted by Crippen LogP contribution is -2.38. The molecule has 0 saturated heterocycles. The van der Waals surface area contributed by atoms with Crippen LogP contribution in [-0.2, 0) is 16.0 Å². The molecule has 1 aromatic heterocycles. The Kier molecular flexibility index (Phi) is 5.38. The summed E-state index contributed by atoms with van der Waals surface area (Å²) in [7, 11) is 1.50. The summed E-state index contributed by atoms with van der Waals surface area (Å²) in [5, 5.41) is 8.80. The minimum absolute atomic E-state index is 0.232. The van der Waals surface area contributed by atoms with Crippen molar-refractivity contribution in [2.24, 2.45) is 0 Å². The van der Waals surface area contributed by atoms with Crippen LogP contribution in [0.2, 0.25) is 0 Å². The van der Waals surface area contributed by atoms with E-state index in [-0.39, 0.29) is 19.0 Å². The molecule has 100 valence electrons. The molecule has 6 heteroatoms. The third-order valence-electron chi connectivity index (χ3n) is 2.48. The Morgan fingerprint density at radius 1 is 1.50 bits per heavy atom. The van der Waals surface area contributed by atoms with Crippen LogP contribution in [0.4, 0.5) is 0 Å². The van der Waals surface area contributed by atoms with E-state index in [0.29, 0.717) is 24.4 Å². The van der Waals surface area contributed by atoms with Crippen molar-refractivity contribution in [2.45, 2.75) is 13.3 Å². The van der Waals surface area contributed by atoms with E-state index in [1.165, 1.54) is 18.3 Å². The van der Waals surface area contributed by atoms with Gasteiger partial charge < -0.3 is 19.2 Å². The molecule has 0 fully saturated rings. The first-order valence-corrected chi connectivity index (χ1v) is 5.66. The van der Waals surface area contributed by atoms with Crippen molar-refractivity contribution in [3.8, 4) is 0 Å². The van der Waals surface area contributed by atoms with Gasteiger partial charge in [-0.15, -0.1) is 0 Å². The van der Waals surface area contributed by atoms with Crippen molar-refractivity contribution in [3.63, 3.8) is 0 Å². The van der Waals surface area contributed by atoms with E-state index >= 15 is 0 Å². The molecule has 0 aromatic carbocycles. The van der Waals surface area contributed by atoms with Gasteiger partial charge in [0.25, 0.3) is 5.91 Å². The zero-order valence-corrected chi connectivity index (χ0v) is 10.5. The van der Waals surface area contributed by atoms with Gasteiger partial charge in [-0.05, 0) is 6.07 Å². The van der Waals surface area contributed by atoms with Crippen molar-refractivity contribution < 1.29 is 23.8 Å². The summed E-state index contributed by atoms with van der Waals surface area (Å²) in [6.07, 6.45) is 2.01. The highest BCUT2D eigenvalue weighted by molar-refractivity contribution is 5.96. The molecule has 0 aliphatic carbocycles. The number of hydrogen-bond acceptors (Lipinski definition) is 4. The lowest BCUT2D eigenvalue weighted by molar-refractivity contribution is -0.137. The quantitative estimate of drug-likeness (QED) is 0.786. The van der Waals surface area contributed by atoms with Gasteiger partial charge >= 0.3 is 5.97 Å². The summed E-state index contributed by atoms with van der Waals surface area (Å²) in [6.45, 7) is 2.04. The van der Waals surface area contributed by atoms with Gasteiger partial charge in [-0.25, -0.2) is 0 Å². The Labute approximate surface area is 105 Å². The molecule has 0 aliphatic heterocycles. The van der Waals surface area contributed by atoms with E-state index in [1.54, 1.807) is 6.07 Å². The van der Waals surface area contributed by atoms with Crippen molar-refractivity contribution >= 4 is 11.9 Å². The molecule has 1 amide bonds. The number of carboxylic acid groups (broad SMARTS) is 1. The minimum Gasteiger partial charge on any atom is -0.480 e. The number of nitrogens with zero attached hydrogens (tertiary/aromatic N) is 1. The van der Waals surface area contributed by atoms with E-state index in [9.17, 15) is 9.59 Å². The number of rotatable bonds is 7. The first kappa shape index (κ1) is 14.2. The molecule has 18 heavy (non-hydrogen) atoms. The molecule has 1 aromatic rings. The van der Waals surface area contributed by atoms with Gasteiger partial charge in [-0.2, -0.15) is 0 Å². The molecule has 6 nitrogen and oxygen atoms in total. The van der Waals surface area contributed by atoms with Gasteiger partial charge in [-0.3, -0.25) is 9.59 Å². The van der Waals surface area contributed by atoms with Crippen LogP contribution in [0.15, 0.2) is 16.7 Å². The largest absolute Gasteiger partial charge is 0.480 e. The lowest BCUT2D eigenvalue weighted by Gasteiger charge is -2.20. The van der Waals surface area contributed by atoms with Crippen LogP contribution < -0.4 is 0 Å². The first-order chi connectivity index (χ1) is 8.60. The number of amides is 1. The topological polar surface area (TPSA) is 80.0 Å². The molecule has 0 spiro atoms. The number of carboxylic acids is 1. The zero-order valence-electron chi connectivity index (χ0n) is 10.5. The van der Waals surface area contributed by atoms with Gasteiger partial charge in [-0.1, -0.05) is 6.92 Å². The summed E-state index contributed by atoms with van der Waals surface area (Å²) in [5.74, 6) is -0.839. The van der Waals surface area contributed by atoms with Crippen molar-refractivity contribution in [3.05, 3.63) is 23.7 Å². The third kappa shape index (κ3) is 3.59. The van der Waals surface area contributed by atoms with E-state index in [2.05, 4.69) is 0 Å². The molecular formula is C12H17NO5. The standard InChI is InChI=1S/C12H17NO5/c1-3-10-9(4-6-18-10)12(16)13(5-7-17-2)8-11(14)15/h4,6H,3,5,7-8H2,1-2H3,(H,14,15). The van der Waals surface area contributed by atoms with Crippen LogP contribution in [0.25, 0.3) is 0 Å².